The lowest BCUT2D eigenvalue weighted by Gasteiger charge is -2.25. The number of hydrogen-bond acceptors (Lipinski definition) is 3. The zero-order valence-electron chi connectivity index (χ0n) is 15.0. The third kappa shape index (κ3) is 4.94. The average Bonchev–Trinajstić information content (AvgIpc) is 2.98. The maximum absolute atomic E-state index is 13.2. The van der Waals surface area contributed by atoms with Crippen molar-refractivity contribution >= 4 is 17.5 Å². The molecule has 1 aliphatic heterocycles. The molecule has 1 fully saturated rings. The maximum Gasteiger partial charge on any atom is 0.403 e. The molecule has 1 aliphatic rings. The monoisotopic (exact) mass is 411 g/mol. The van der Waals surface area contributed by atoms with Crippen LogP contribution in [0.1, 0.15) is 20.3 Å². The molecular formula is C17H19F6N3O2. The minimum atomic E-state index is -4.49. The summed E-state index contributed by atoms with van der Waals surface area (Å²) in [5.74, 6) is -6.56. The highest BCUT2D eigenvalue weighted by molar-refractivity contribution is 5.94. The molecule has 0 aliphatic carbocycles. The van der Waals surface area contributed by atoms with Gasteiger partial charge in [0.25, 0.3) is 0 Å². The summed E-state index contributed by atoms with van der Waals surface area (Å²) in [6, 6.07) is -1.25. The van der Waals surface area contributed by atoms with Crippen LogP contribution >= 0.6 is 0 Å². The van der Waals surface area contributed by atoms with Gasteiger partial charge in [0.05, 0.1) is 12.5 Å². The van der Waals surface area contributed by atoms with E-state index in [1.807, 2.05) is 0 Å². The first-order valence-corrected chi connectivity index (χ1v) is 8.46. The number of likely N-dealkylation sites (tertiary alicyclic amines) is 1. The van der Waals surface area contributed by atoms with Crippen molar-refractivity contribution in [3.63, 3.8) is 0 Å². The van der Waals surface area contributed by atoms with E-state index in [9.17, 15) is 35.9 Å². The van der Waals surface area contributed by atoms with E-state index in [1.165, 1.54) is 4.90 Å². The molecule has 3 atom stereocenters. The van der Waals surface area contributed by atoms with Gasteiger partial charge in [0.1, 0.15) is 6.04 Å². The molecule has 0 saturated carbocycles. The van der Waals surface area contributed by atoms with Crippen molar-refractivity contribution in [1.29, 1.82) is 0 Å². The fourth-order valence-electron chi connectivity index (χ4n) is 2.96. The lowest BCUT2D eigenvalue weighted by molar-refractivity contribution is -0.153. The Morgan fingerprint density at radius 2 is 1.79 bits per heavy atom. The zero-order chi connectivity index (χ0) is 21.2. The molecule has 1 unspecified atom stereocenters. The summed E-state index contributed by atoms with van der Waals surface area (Å²) in [6.07, 6.45) is -4.27. The molecule has 2 N–H and O–H groups in total. The summed E-state index contributed by atoms with van der Waals surface area (Å²) in [6.45, 7) is 2.03. The van der Waals surface area contributed by atoms with Gasteiger partial charge in [-0.05, 0) is 20.3 Å². The number of nitrogens with one attached hydrogen (secondary N) is 2. The Labute approximate surface area is 157 Å². The van der Waals surface area contributed by atoms with Gasteiger partial charge < -0.3 is 10.2 Å². The number of alkyl halides is 3. The third-order valence-corrected chi connectivity index (χ3v) is 4.71. The van der Waals surface area contributed by atoms with E-state index in [4.69, 9.17) is 0 Å². The summed E-state index contributed by atoms with van der Waals surface area (Å²) in [5.41, 5.74) is -0.279. The van der Waals surface area contributed by atoms with Gasteiger partial charge in [-0.1, -0.05) is 0 Å². The van der Waals surface area contributed by atoms with Gasteiger partial charge in [0.15, 0.2) is 17.5 Å². The minimum absolute atomic E-state index is 0.145. The van der Waals surface area contributed by atoms with Crippen LogP contribution in [0.3, 0.4) is 0 Å². The van der Waals surface area contributed by atoms with Crippen LogP contribution in [0.2, 0.25) is 0 Å². The average molecular weight is 411 g/mol. The number of nitrogens with zero attached hydrogens (tertiary/aromatic N) is 1. The quantitative estimate of drug-likeness (QED) is 0.579. The summed E-state index contributed by atoms with van der Waals surface area (Å²) in [5, 5.41) is 4.35. The van der Waals surface area contributed by atoms with E-state index < -0.39 is 60.0 Å². The maximum atomic E-state index is 13.2. The molecule has 1 saturated heterocycles. The molecule has 1 aromatic rings. The molecule has 1 aromatic carbocycles. The molecule has 0 radical (unpaired) electrons. The second-order valence-corrected chi connectivity index (χ2v) is 6.61. The molecule has 0 aromatic heterocycles. The van der Waals surface area contributed by atoms with Gasteiger partial charge in [0, 0.05) is 30.4 Å². The Bertz CT molecular complexity index is 732. The molecule has 2 rings (SSSR count). The van der Waals surface area contributed by atoms with Gasteiger partial charge in [-0.15, -0.1) is 0 Å². The zero-order valence-corrected chi connectivity index (χ0v) is 15.0. The van der Waals surface area contributed by atoms with Gasteiger partial charge >= 0.3 is 6.18 Å². The van der Waals surface area contributed by atoms with E-state index in [1.54, 1.807) is 6.92 Å². The van der Waals surface area contributed by atoms with Crippen molar-refractivity contribution in [1.82, 2.24) is 10.2 Å². The standard InChI is InChI=1S/C17H19F6N3O2/c1-8-11(16(28)25-10-5-12(18)15(20)13(19)6-10)3-4-26(8)14(27)7-24-9(2)17(21,22)23/h5-6,8-9,11,24H,3-4,7H2,1-2H3,(H,25,28)/t8-,9?,11+/m0/s1. The highest BCUT2D eigenvalue weighted by Gasteiger charge is 2.40. The Hall–Kier alpha value is -2.30. The van der Waals surface area contributed by atoms with Crippen LogP contribution in [0.15, 0.2) is 12.1 Å². The van der Waals surface area contributed by atoms with E-state index in [2.05, 4.69) is 10.6 Å². The van der Waals surface area contributed by atoms with E-state index >= 15 is 0 Å². The molecule has 2 amide bonds. The molecule has 11 heteroatoms. The number of halogens is 6. The molecule has 0 spiro atoms. The topological polar surface area (TPSA) is 61.4 Å². The lowest BCUT2D eigenvalue weighted by Crippen LogP contribution is -2.47. The Morgan fingerprint density at radius 3 is 2.32 bits per heavy atom. The molecule has 156 valence electrons. The fourth-order valence-corrected chi connectivity index (χ4v) is 2.96. The third-order valence-electron chi connectivity index (χ3n) is 4.71. The van der Waals surface area contributed by atoms with Gasteiger partial charge in [-0.25, -0.2) is 13.2 Å². The van der Waals surface area contributed by atoms with Crippen molar-refractivity contribution in [2.45, 2.75) is 38.5 Å². The first-order valence-electron chi connectivity index (χ1n) is 8.46. The normalized spacial score (nSPS) is 20.9. The van der Waals surface area contributed by atoms with Crippen molar-refractivity contribution in [2.24, 2.45) is 5.92 Å². The smallest absolute Gasteiger partial charge is 0.338 e. The number of carbonyl (C=O) groups excluding carboxylic acids is 2. The second kappa shape index (κ2) is 8.38. The molecule has 28 heavy (non-hydrogen) atoms. The van der Waals surface area contributed by atoms with E-state index in [-0.39, 0.29) is 18.7 Å². The largest absolute Gasteiger partial charge is 0.403 e. The number of amides is 2. The van der Waals surface area contributed by atoms with Crippen molar-refractivity contribution in [3.05, 3.63) is 29.6 Å². The van der Waals surface area contributed by atoms with Crippen LogP contribution in [0.5, 0.6) is 0 Å². The van der Waals surface area contributed by atoms with Crippen molar-refractivity contribution < 1.29 is 35.9 Å². The van der Waals surface area contributed by atoms with Crippen LogP contribution in [0, 0.1) is 23.4 Å². The van der Waals surface area contributed by atoms with Crippen molar-refractivity contribution in [2.75, 3.05) is 18.4 Å². The van der Waals surface area contributed by atoms with Crippen LogP contribution in [-0.2, 0) is 9.59 Å². The Kier molecular flexibility index (Phi) is 6.58. The number of rotatable bonds is 5. The van der Waals surface area contributed by atoms with Gasteiger partial charge in [-0.3, -0.25) is 14.9 Å². The van der Waals surface area contributed by atoms with Crippen LogP contribution in [-0.4, -0.2) is 48.1 Å². The summed E-state index contributed by atoms with van der Waals surface area (Å²) in [7, 11) is 0. The predicted molar refractivity (Wildman–Crippen MR) is 87.7 cm³/mol. The summed E-state index contributed by atoms with van der Waals surface area (Å²) < 4.78 is 76.9. The molecule has 1 heterocycles. The van der Waals surface area contributed by atoms with Crippen molar-refractivity contribution in [3.8, 4) is 0 Å². The molecule has 5 nitrogen and oxygen atoms in total. The van der Waals surface area contributed by atoms with Crippen LogP contribution in [0.4, 0.5) is 32.0 Å². The first-order chi connectivity index (χ1) is 12.9. The second-order valence-electron chi connectivity index (χ2n) is 6.61. The first kappa shape index (κ1) is 22.0. The van der Waals surface area contributed by atoms with Gasteiger partial charge in [-0.2, -0.15) is 13.2 Å². The Morgan fingerprint density at radius 1 is 1.21 bits per heavy atom. The van der Waals surface area contributed by atoms with Gasteiger partial charge in [0.2, 0.25) is 11.8 Å². The fraction of sp³-hybridized carbons (Fsp3) is 0.529. The van der Waals surface area contributed by atoms with E-state index in [0.717, 1.165) is 6.92 Å². The molecule has 0 bridgehead atoms. The number of anilines is 1. The number of hydrogen-bond donors (Lipinski definition) is 2. The van der Waals surface area contributed by atoms with Crippen LogP contribution in [0.25, 0.3) is 0 Å². The number of carbonyl (C=O) groups is 2. The summed E-state index contributed by atoms with van der Waals surface area (Å²) in [4.78, 5) is 25.8. The number of benzene rings is 1. The lowest BCUT2D eigenvalue weighted by atomic mass is 10.0. The molecular weight excluding hydrogens is 392 g/mol. The predicted octanol–water partition coefficient (Wildman–Crippen LogP) is 2.82. The highest BCUT2D eigenvalue weighted by atomic mass is 19.4. The SMILES string of the molecule is CC(NCC(=O)N1CC[C@@H](C(=O)Nc2cc(F)c(F)c(F)c2)[C@@H]1C)C(F)(F)F. The summed E-state index contributed by atoms with van der Waals surface area (Å²) >= 11 is 0. The minimum Gasteiger partial charge on any atom is -0.338 e. The van der Waals surface area contributed by atoms with Crippen LogP contribution < -0.4 is 10.6 Å². The highest BCUT2D eigenvalue weighted by Crippen LogP contribution is 2.27. The Balaban J connectivity index is 1.96. The van der Waals surface area contributed by atoms with E-state index in [0.29, 0.717) is 12.1 Å².